The molecule has 148 valence electrons. The Kier molecular flexibility index (Phi) is 5.86. The lowest BCUT2D eigenvalue weighted by Gasteiger charge is -2.30. The Labute approximate surface area is 169 Å². The molecule has 0 saturated carbocycles. The molecule has 5 nitrogen and oxygen atoms in total. The van der Waals surface area contributed by atoms with E-state index in [0.29, 0.717) is 31.9 Å². The van der Waals surface area contributed by atoms with Crippen LogP contribution in [0.25, 0.3) is 10.8 Å². The zero-order chi connectivity index (χ0) is 20.1. The summed E-state index contributed by atoms with van der Waals surface area (Å²) >= 11 is 0. The lowest BCUT2D eigenvalue weighted by Crippen LogP contribution is -2.44. The highest BCUT2D eigenvalue weighted by Gasteiger charge is 2.30. The molecule has 0 unspecified atom stereocenters. The fraction of sp³-hybridized carbons (Fsp3) is 0.250. The van der Waals surface area contributed by atoms with Crippen molar-refractivity contribution in [3.05, 3.63) is 83.9 Å². The van der Waals surface area contributed by atoms with Gasteiger partial charge in [-0.05, 0) is 16.3 Å². The van der Waals surface area contributed by atoms with Crippen LogP contribution in [0.2, 0.25) is 0 Å². The first-order valence-corrected chi connectivity index (χ1v) is 9.79. The molecule has 0 aromatic heterocycles. The van der Waals surface area contributed by atoms with Crippen molar-refractivity contribution in [2.45, 2.75) is 12.5 Å². The lowest BCUT2D eigenvalue weighted by atomic mass is 10.0. The highest BCUT2D eigenvalue weighted by Crippen LogP contribution is 2.23. The highest BCUT2D eigenvalue weighted by molar-refractivity contribution is 5.87. The minimum absolute atomic E-state index is 0.116. The van der Waals surface area contributed by atoms with Crippen LogP contribution in [0, 0.1) is 0 Å². The van der Waals surface area contributed by atoms with Crippen molar-refractivity contribution in [1.82, 2.24) is 4.90 Å². The summed E-state index contributed by atoms with van der Waals surface area (Å²) in [7, 11) is 0. The molecule has 1 aliphatic rings. The number of fused-ring (bicyclic) bond motifs is 1. The third kappa shape index (κ3) is 4.63. The molecule has 0 spiro atoms. The van der Waals surface area contributed by atoms with E-state index < -0.39 is 12.1 Å². The quantitative estimate of drug-likeness (QED) is 0.627. The molecule has 3 aromatic carbocycles. The molecule has 1 aliphatic heterocycles. The summed E-state index contributed by atoms with van der Waals surface area (Å²) in [5.74, 6) is -0.623. The second-order valence-corrected chi connectivity index (χ2v) is 7.08. The molecule has 1 saturated heterocycles. The Balaban J connectivity index is 1.51. The summed E-state index contributed by atoms with van der Waals surface area (Å²) in [6.07, 6.45) is -0.827. The van der Waals surface area contributed by atoms with Crippen molar-refractivity contribution in [2.75, 3.05) is 26.3 Å². The average Bonchev–Trinajstić information content (AvgIpc) is 2.78. The predicted molar refractivity (Wildman–Crippen MR) is 110 cm³/mol. The van der Waals surface area contributed by atoms with E-state index in [0.717, 1.165) is 16.3 Å². The van der Waals surface area contributed by atoms with E-state index in [2.05, 4.69) is 0 Å². The van der Waals surface area contributed by atoms with Gasteiger partial charge >= 0.3 is 5.97 Å². The summed E-state index contributed by atoms with van der Waals surface area (Å²) < 4.78 is 11.0. The Morgan fingerprint density at radius 1 is 0.897 bits per heavy atom. The minimum Gasteiger partial charge on any atom is -0.447 e. The maximum absolute atomic E-state index is 13.1. The van der Waals surface area contributed by atoms with Crippen molar-refractivity contribution in [3.63, 3.8) is 0 Å². The summed E-state index contributed by atoms with van der Waals surface area (Å²) in [4.78, 5) is 27.5. The van der Waals surface area contributed by atoms with Crippen molar-refractivity contribution in [1.29, 1.82) is 0 Å². The van der Waals surface area contributed by atoms with E-state index in [9.17, 15) is 9.59 Å². The number of carbonyl (C=O) groups excluding carboxylic acids is 2. The molecule has 1 fully saturated rings. The van der Waals surface area contributed by atoms with Gasteiger partial charge in [-0.3, -0.25) is 9.59 Å². The summed E-state index contributed by atoms with van der Waals surface area (Å²) in [5, 5.41) is 2.19. The van der Waals surface area contributed by atoms with Gasteiger partial charge in [0.15, 0.2) is 0 Å². The fourth-order valence-electron chi connectivity index (χ4n) is 3.53. The van der Waals surface area contributed by atoms with Crippen LogP contribution in [0.3, 0.4) is 0 Å². The first-order valence-electron chi connectivity index (χ1n) is 9.79. The van der Waals surface area contributed by atoms with Crippen molar-refractivity contribution in [2.24, 2.45) is 0 Å². The van der Waals surface area contributed by atoms with E-state index in [-0.39, 0.29) is 12.3 Å². The molecule has 0 bridgehead atoms. The number of amides is 1. The van der Waals surface area contributed by atoms with E-state index in [1.54, 1.807) is 4.90 Å². The maximum Gasteiger partial charge on any atom is 0.311 e. The van der Waals surface area contributed by atoms with Gasteiger partial charge < -0.3 is 14.4 Å². The Morgan fingerprint density at radius 2 is 1.59 bits per heavy atom. The van der Waals surface area contributed by atoms with Crippen LogP contribution in [0.1, 0.15) is 17.2 Å². The van der Waals surface area contributed by atoms with Crippen molar-refractivity contribution < 1.29 is 19.1 Å². The number of ether oxygens (including phenoxy) is 2. The summed E-state index contributed by atoms with van der Waals surface area (Å²) in [6, 6.07) is 23.1. The van der Waals surface area contributed by atoms with Crippen LogP contribution in [0.15, 0.2) is 72.8 Å². The van der Waals surface area contributed by atoms with Gasteiger partial charge in [0, 0.05) is 18.7 Å². The number of hydrogen-bond donors (Lipinski definition) is 0. The van der Waals surface area contributed by atoms with Gasteiger partial charge in [-0.15, -0.1) is 0 Å². The Morgan fingerprint density at radius 3 is 2.34 bits per heavy atom. The van der Waals surface area contributed by atoms with Crippen molar-refractivity contribution in [3.8, 4) is 0 Å². The molecule has 0 N–H and O–H groups in total. The first-order chi connectivity index (χ1) is 14.2. The number of rotatable bonds is 5. The minimum atomic E-state index is -0.942. The molecule has 5 heteroatoms. The molecule has 4 rings (SSSR count). The Bertz CT molecular complexity index is 996. The van der Waals surface area contributed by atoms with Crippen molar-refractivity contribution >= 4 is 22.6 Å². The molecule has 3 aromatic rings. The SMILES string of the molecule is O=C(Cc1ccc2ccccc2c1)O[C@H](C(=O)N1CCOCC1)c1ccccc1. The molecule has 1 atom stereocenters. The largest absolute Gasteiger partial charge is 0.447 e. The van der Waals surface area contributed by atoms with Crippen LogP contribution < -0.4 is 0 Å². The molecular formula is C24H23NO4. The van der Waals surface area contributed by atoms with E-state index >= 15 is 0 Å². The molecule has 1 amide bonds. The molecule has 0 aliphatic carbocycles. The van der Waals surface area contributed by atoms with Crippen LogP contribution in [0.5, 0.6) is 0 Å². The van der Waals surface area contributed by atoms with E-state index in [1.165, 1.54) is 0 Å². The van der Waals surface area contributed by atoms with Crippen LogP contribution in [-0.2, 0) is 25.5 Å². The maximum atomic E-state index is 13.1. The molecular weight excluding hydrogens is 366 g/mol. The number of nitrogens with zero attached hydrogens (tertiary/aromatic N) is 1. The number of morpholine rings is 1. The van der Waals surface area contributed by atoms with Gasteiger partial charge in [-0.2, -0.15) is 0 Å². The van der Waals surface area contributed by atoms with Crippen LogP contribution >= 0.6 is 0 Å². The second-order valence-electron chi connectivity index (χ2n) is 7.08. The smallest absolute Gasteiger partial charge is 0.311 e. The fourth-order valence-corrected chi connectivity index (χ4v) is 3.53. The van der Waals surface area contributed by atoms with E-state index in [4.69, 9.17) is 9.47 Å². The molecule has 0 radical (unpaired) electrons. The average molecular weight is 389 g/mol. The van der Waals surface area contributed by atoms with Gasteiger partial charge in [0.1, 0.15) is 0 Å². The number of esters is 1. The molecule has 1 heterocycles. The van der Waals surface area contributed by atoms with E-state index in [1.807, 2.05) is 72.8 Å². The summed E-state index contributed by atoms with van der Waals surface area (Å²) in [5.41, 5.74) is 1.54. The van der Waals surface area contributed by atoms with Crippen LogP contribution in [0.4, 0.5) is 0 Å². The standard InChI is InChI=1S/C24H23NO4/c26-22(17-18-10-11-19-6-4-5-9-21(19)16-18)29-23(20-7-2-1-3-8-20)24(27)25-12-14-28-15-13-25/h1-11,16,23H,12-15,17H2/t23-/m0/s1. The number of hydrogen-bond acceptors (Lipinski definition) is 4. The number of carbonyl (C=O) groups is 2. The lowest BCUT2D eigenvalue weighted by molar-refractivity contribution is -0.162. The molecule has 29 heavy (non-hydrogen) atoms. The number of benzene rings is 3. The zero-order valence-corrected chi connectivity index (χ0v) is 16.1. The van der Waals surface area contributed by atoms with Gasteiger partial charge in [0.05, 0.1) is 19.6 Å². The predicted octanol–water partition coefficient (Wildman–Crippen LogP) is 3.53. The normalized spacial score (nSPS) is 15.1. The second kappa shape index (κ2) is 8.88. The third-order valence-corrected chi connectivity index (χ3v) is 5.06. The first kappa shape index (κ1) is 19.2. The third-order valence-electron chi connectivity index (χ3n) is 5.06. The van der Waals surface area contributed by atoms with Gasteiger partial charge in [0.25, 0.3) is 5.91 Å². The Hall–Kier alpha value is -3.18. The van der Waals surface area contributed by atoms with Gasteiger partial charge in [0.2, 0.25) is 6.10 Å². The topological polar surface area (TPSA) is 55.8 Å². The van der Waals surface area contributed by atoms with Gasteiger partial charge in [-0.1, -0.05) is 72.8 Å². The monoisotopic (exact) mass is 389 g/mol. The zero-order valence-electron chi connectivity index (χ0n) is 16.1. The highest BCUT2D eigenvalue weighted by atomic mass is 16.5. The van der Waals surface area contributed by atoms with Gasteiger partial charge in [-0.25, -0.2) is 0 Å². The van der Waals surface area contributed by atoms with Crippen LogP contribution in [-0.4, -0.2) is 43.1 Å². The summed E-state index contributed by atoms with van der Waals surface area (Å²) in [6.45, 7) is 2.01.